The van der Waals surface area contributed by atoms with Crippen LogP contribution in [0.5, 0.6) is 11.5 Å². The van der Waals surface area contributed by atoms with Crippen LogP contribution in [-0.4, -0.2) is 23.4 Å². The number of rotatable bonds is 4. The Morgan fingerprint density at radius 3 is 2.79 bits per heavy atom. The molecule has 19 heavy (non-hydrogen) atoms. The number of phenolic OH excluding ortho intramolecular Hbond substituents is 1. The second-order valence-electron chi connectivity index (χ2n) is 4.13. The number of aromatic nitrogens is 1. The number of pyridine rings is 1. The Morgan fingerprint density at radius 2 is 2.16 bits per heavy atom. The van der Waals surface area contributed by atoms with Crippen LogP contribution in [-0.2, 0) is 0 Å². The Labute approximate surface area is 112 Å². The highest BCUT2D eigenvalue weighted by Crippen LogP contribution is 2.22. The van der Waals surface area contributed by atoms with Crippen molar-refractivity contribution in [3.63, 3.8) is 0 Å². The van der Waals surface area contributed by atoms with E-state index in [1.54, 1.807) is 37.7 Å². The third-order valence-corrected chi connectivity index (χ3v) is 2.79. The topological polar surface area (TPSA) is 54.7 Å². The molecule has 1 N–H and O–H groups in total. The van der Waals surface area contributed by atoms with E-state index in [0.29, 0.717) is 11.3 Å². The van der Waals surface area contributed by atoms with Gasteiger partial charge in [-0.05, 0) is 31.2 Å². The largest absolute Gasteiger partial charge is 0.507 e. The van der Waals surface area contributed by atoms with Crippen LogP contribution < -0.4 is 4.74 Å². The molecule has 0 saturated heterocycles. The summed E-state index contributed by atoms with van der Waals surface area (Å²) in [5.41, 5.74) is 1.55. The fraction of sp³-hybridized carbons (Fsp3) is 0.200. The highest BCUT2D eigenvalue weighted by Gasteiger charge is 2.04. The summed E-state index contributed by atoms with van der Waals surface area (Å²) in [5.74, 6) is 0.767. The zero-order valence-corrected chi connectivity index (χ0v) is 10.9. The molecule has 2 rings (SSSR count). The first-order chi connectivity index (χ1) is 9.20. The van der Waals surface area contributed by atoms with Crippen LogP contribution in [0.2, 0.25) is 0 Å². The summed E-state index contributed by atoms with van der Waals surface area (Å²) in [4.78, 5) is 8.64. The summed E-state index contributed by atoms with van der Waals surface area (Å²) in [6, 6.07) is 10.8. The van der Waals surface area contributed by atoms with Crippen molar-refractivity contribution in [1.82, 2.24) is 4.98 Å². The lowest BCUT2D eigenvalue weighted by atomic mass is 10.2. The van der Waals surface area contributed by atoms with E-state index < -0.39 is 0 Å². The van der Waals surface area contributed by atoms with Crippen LogP contribution in [0.15, 0.2) is 47.6 Å². The lowest BCUT2D eigenvalue weighted by molar-refractivity contribution is 0.407. The summed E-state index contributed by atoms with van der Waals surface area (Å²) in [5, 5.41) is 9.82. The number of nitrogens with zero attached hydrogens (tertiary/aromatic N) is 2. The third kappa shape index (κ3) is 3.31. The molecule has 0 aliphatic carbocycles. The Bertz CT molecular complexity index is 568. The van der Waals surface area contributed by atoms with E-state index in [0.717, 1.165) is 5.69 Å². The molecular formula is C15H16N2O2. The minimum atomic E-state index is -0.0531. The van der Waals surface area contributed by atoms with Crippen molar-refractivity contribution in [2.75, 3.05) is 7.11 Å². The predicted molar refractivity (Wildman–Crippen MR) is 74.9 cm³/mol. The van der Waals surface area contributed by atoms with Gasteiger partial charge in [0.1, 0.15) is 11.5 Å². The molecule has 0 bridgehead atoms. The molecule has 0 saturated carbocycles. The van der Waals surface area contributed by atoms with Gasteiger partial charge in [0.05, 0.1) is 18.8 Å². The molecule has 98 valence electrons. The van der Waals surface area contributed by atoms with Crippen molar-refractivity contribution in [2.24, 2.45) is 4.99 Å². The first-order valence-corrected chi connectivity index (χ1v) is 6.02. The molecule has 0 fully saturated rings. The minimum Gasteiger partial charge on any atom is -0.507 e. The maximum absolute atomic E-state index is 9.82. The van der Waals surface area contributed by atoms with Gasteiger partial charge in [0, 0.05) is 24.0 Å². The number of hydrogen-bond donors (Lipinski definition) is 1. The maximum Gasteiger partial charge on any atom is 0.128 e. The molecule has 0 aliphatic heterocycles. The molecule has 4 nitrogen and oxygen atoms in total. The number of methoxy groups -OCH3 is 1. The van der Waals surface area contributed by atoms with E-state index in [2.05, 4.69) is 9.98 Å². The number of aliphatic imine (C=N–C) groups is 1. The van der Waals surface area contributed by atoms with E-state index in [9.17, 15) is 5.11 Å². The van der Waals surface area contributed by atoms with Crippen molar-refractivity contribution in [3.8, 4) is 11.5 Å². The van der Waals surface area contributed by atoms with Gasteiger partial charge >= 0.3 is 0 Å². The first-order valence-electron chi connectivity index (χ1n) is 6.02. The molecule has 1 atom stereocenters. The quantitative estimate of drug-likeness (QED) is 0.856. The normalized spacial score (nSPS) is 12.5. The second kappa shape index (κ2) is 6.00. The maximum atomic E-state index is 9.82. The molecule has 1 aromatic heterocycles. The molecule has 1 heterocycles. The molecule has 1 aromatic carbocycles. The summed E-state index contributed by atoms with van der Waals surface area (Å²) < 4.78 is 5.03. The molecule has 0 spiro atoms. The molecule has 0 aliphatic rings. The monoisotopic (exact) mass is 256 g/mol. The summed E-state index contributed by atoms with van der Waals surface area (Å²) in [7, 11) is 1.56. The SMILES string of the molecule is COc1ccc(C=NC(C)c2ccccn2)c(O)c1. The van der Waals surface area contributed by atoms with Gasteiger partial charge in [-0.2, -0.15) is 0 Å². The standard InChI is InChI=1S/C15H16N2O2/c1-11(14-5-3-4-8-16-14)17-10-12-6-7-13(19-2)9-15(12)18/h3-11,18H,1-2H3. The first kappa shape index (κ1) is 13.1. The molecule has 1 unspecified atom stereocenters. The van der Waals surface area contributed by atoms with Gasteiger partial charge in [-0.15, -0.1) is 0 Å². The highest BCUT2D eigenvalue weighted by molar-refractivity contribution is 5.83. The average Bonchev–Trinajstić information content (AvgIpc) is 2.46. The van der Waals surface area contributed by atoms with Crippen molar-refractivity contribution in [1.29, 1.82) is 0 Å². The van der Waals surface area contributed by atoms with Gasteiger partial charge in [0.25, 0.3) is 0 Å². The molecule has 2 aromatic rings. The highest BCUT2D eigenvalue weighted by atomic mass is 16.5. The lowest BCUT2D eigenvalue weighted by Gasteiger charge is -2.06. The van der Waals surface area contributed by atoms with Crippen LogP contribution in [0.4, 0.5) is 0 Å². The lowest BCUT2D eigenvalue weighted by Crippen LogP contribution is -1.94. The number of phenols is 1. The van der Waals surface area contributed by atoms with E-state index in [1.165, 1.54) is 0 Å². The van der Waals surface area contributed by atoms with Gasteiger partial charge < -0.3 is 9.84 Å². The van der Waals surface area contributed by atoms with Crippen LogP contribution in [0.3, 0.4) is 0 Å². The van der Waals surface area contributed by atoms with Crippen LogP contribution in [0.1, 0.15) is 24.2 Å². The molecule has 0 radical (unpaired) electrons. The zero-order valence-electron chi connectivity index (χ0n) is 10.9. The molecule has 4 heteroatoms. The minimum absolute atomic E-state index is 0.0531. The van der Waals surface area contributed by atoms with Crippen molar-refractivity contribution in [3.05, 3.63) is 53.9 Å². The Kier molecular flexibility index (Phi) is 4.13. The van der Waals surface area contributed by atoms with Gasteiger partial charge in [-0.3, -0.25) is 9.98 Å². The van der Waals surface area contributed by atoms with Gasteiger partial charge in [0.2, 0.25) is 0 Å². The number of hydrogen-bond acceptors (Lipinski definition) is 4. The Morgan fingerprint density at radius 1 is 1.32 bits per heavy atom. The van der Waals surface area contributed by atoms with Crippen molar-refractivity contribution in [2.45, 2.75) is 13.0 Å². The van der Waals surface area contributed by atoms with Crippen molar-refractivity contribution >= 4 is 6.21 Å². The van der Waals surface area contributed by atoms with Crippen LogP contribution in [0.25, 0.3) is 0 Å². The van der Waals surface area contributed by atoms with E-state index in [-0.39, 0.29) is 11.8 Å². The third-order valence-electron chi connectivity index (χ3n) is 2.79. The fourth-order valence-electron chi connectivity index (χ4n) is 1.65. The van der Waals surface area contributed by atoms with Gasteiger partial charge in [-0.25, -0.2) is 0 Å². The van der Waals surface area contributed by atoms with Crippen molar-refractivity contribution < 1.29 is 9.84 Å². The molecular weight excluding hydrogens is 240 g/mol. The summed E-state index contributed by atoms with van der Waals surface area (Å²) in [6.07, 6.45) is 3.39. The second-order valence-corrected chi connectivity index (χ2v) is 4.13. The number of benzene rings is 1. The van der Waals surface area contributed by atoms with Crippen LogP contribution >= 0.6 is 0 Å². The number of ether oxygens (including phenoxy) is 1. The molecule has 0 amide bonds. The predicted octanol–water partition coefficient (Wildman–Crippen LogP) is 2.98. The zero-order chi connectivity index (χ0) is 13.7. The van der Waals surface area contributed by atoms with E-state index in [4.69, 9.17) is 4.74 Å². The fourth-order valence-corrected chi connectivity index (χ4v) is 1.65. The van der Waals surface area contributed by atoms with E-state index in [1.807, 2.05) is 25.1 Å². The summed E-state index contributed by atoms with van der Waals surface area (Å²) >= 11 is 0. The van der Waals surface area contributed by atoms with Gasteiger partial charge in [0.15, 0.2) is 0 Å². The average molecular weight is 256 g/mol. The van der Waals surface area contributed by atoms with Gasteiger partial charge in [-0.1, -0.05) is 6.07 Å². The smallest absolute Gasteiger partial charge is 0.128 e. The number of aromatic hydroxyl groups is 1. The summed E-state index contributed by atoms with van der Waals surface area (Å²) in [6.45, 7) is 1.96. The van der Waals surface area contributed by atoms with Crippen LogP contribution in [0, 0.1) is 0 Å². The Hall–Kier alpha value is -2.36. The van der Waals surface area contributed by atoms with E-state index >= 15 is 0 Å². The Balaban J connectivity index is 2.14.